The van der Waals surface area contributed by atoms with Crippen LogP contribution in [0, 0.1) is 18.3 Å². The Morgan fingerprint density at radius 3 is 2.34 bits per heavy atom. The van der Waals surface area contributed by atoms with Gasteiger partial charge in [0.05, 0.1) is 17.3 Å². The summed E-state index contributed by atoms with van der Waals surface area (Å²) in [5.41, 5.74) is 5.56. The summed E-state index contributed by atoms with van der Waals surface area (Å²) in [6.07, 6.45) is 4.11. The molecule has 3 rings (SSSR count). The molecular formula is C24H25N3OS. The third-order valence-corrected chi connectivity index (χ3v) is 5.85. The first kappa shape index (κ1) is 20.9. The van der Waals surface area contributed by atoms with Crippen molar-refractivity contribution in [3.05, 3.63) is 92.4 Å². The average Bonchev–Trinajstić information content (AvgIpc) is 2.75. The molecule has 0 saturated carbocycles. The van der Waals surface area contributed by atoms with E-state index in [2.05, 4.69) is 47.2 Å². The molecule has 0 unspecified atom stereocenters. The summed E-state index contributed by atoms with van der Waals surface area (Å²) in [6, 6.07) is 18.2. The van der Waals surface area contributed by atoms with Crippen LogP contribution in [0.1, 0.15) is 53.3 Å². The minimum Gasteiger partial charge on any atom is -0.301 e. The second kappa shape index (κ2) is 10.1. The van der Waals surface area contributed by atoms with Gasteiger partial charge < -0.3 is 4.98 Å². The fraction of sp³-hybridized carbons (Fsp3) is 0.292. The van der Waals surface area contributed by atoms with E-state index in [1.54, 1.807) is 30.8 Å². The van der Waals surface area contributed by atoms with E-state index in [0.29, 0.717) is 22.7 Å². The largest absolute Gasteiger partial charge is 0.301 e. The van der Waals surface area contributed by atoms with Crippen LogP contribution < -0.4 is 5.56 Å². The molecule has 0 amide bonds. The number of aromatic nitrogens is 2. The van der Waals surface area contributed by atoms with Gasteiger partial charge >= 0.3 is 0 Å². The number of rotatable bonds is 8. The lowest BCUT2D eigenvalue weighted by molar-refractivity contribution is 0.795. The van der Waals surface area contributed by atoms with Gasteiger partial charge in [-0.05, 0) is 48.6 Å². The number of unbranched alkanes of at least 4 members (excludes halogenated alkanes) is 1. The van der Waals surface area contributed by atoms with Crippen molar-refractivity contribution in [1.82, 2.24) is 9.97 Å². The van der Waals surface area contributed by atoms with Crippen molar-refractivity contribution < 1.29 is 0 Å². The molecule has 2 aromatic carbocycles. The number of thioether (sulfide) groups is 1. The van der Waals surface area contributed by atoms with E-state index < -0.39 is 0 Å². The molecule has 0 fully saturated rings. The SMILES string of the molecule is CCCCc1ccc(CSc2nc(Cc3ccc(C#N)cc3)c(C)c(=O)[nH]2)cc1. The molecule has 0 aliphatic rings. The summed E-state index contributed by atoms with van der Waals surface area (Å²) >= 11 is 1.54. The van der Waals surface area contributed by atoms with Crippen LogP contribution in [0.2, 0.25) is 0 Å². The molecule has 3 aromatic rings. The number of hydrogen-bond donors (Lipinski definition) is 1. The predicted molar refractivity (Wildman–Crippen MR) is 118 cm³/mol. The van der Waals surface area contributed by atoms with Crippen LogP contribution in [0.15, 0.2) is 58.5 Å². The smallest absolute Gasteiger partial charge is 0.254 e. The maximum Gasteiger partial charge on any atom is 0.254 e. The molecule has 0 bridgehead atoms. The Balaban J connectivity index is 1.70. The Hall–Kier alpha value is -2.84. The molecule has 1 aromatic heterocycles. The summed E-state index contributed by atoms with van der Waals surface area (Å²) in [5, 5.41) is 9.57. The fourth-order valence-corrected chi connectivity index (χ4v) is 3.86. The molecule has 1 N–H and O–H groups in total. The first-order valence-electron chi connectivity index (χ1n) is 9.88. The first-order valence-corrected chi connectivity index (χ1v) is 10.9. The van der Waals surface area contributed by atoms with Gasteiger partial charge in [0.25, 0.3) is 5.56 Å². The number of aryl methyl sites for hydroxylation is 1. The number of nitrogens with one attached hydrogen (secondary N) is 1. The maximum absolute atomic E-state index is 12.4. The molecule has 29 heavy (non-hydrogen) atoms. The van der Waals surface area contributed by atoms with Crippen LogP contribution in [0.25, 0.3) is 0 Å². The maximum atomic E-state index is 12.4. The van der Waals surface area contributed by atoms with E-state index in [-0.39, 0.29) is 5.56 Å². The van der Waals surface area contributed by atoms with E-state index in [9.17, 15) is 4.79 Å². The normalized spacial score (nSPS) is 10.7. The van der Waals surface area contributed by atoms with Crippen LogP contribution in [0.5, 0.6) is 0 Å². The molecule has 0 saturated heterocycles. The van der Waals surface area contributed by atoms with Gasteiger partial charge in [-0.25, -0.2) is 4.98 Å². The van der Waals surface area contributed by atoms with Gasteiger partial charge in [-0.3, -0.25) is 4.79 Å². The number of aromatic amines is 1. The van der Waals surface area contributed by atoms with Crippen molar-refractivity contribution in [2.45, 2.75) is 50.4 Å². The van der Waals surface area contributed by atoms with Gasteiger partial charge in [0.15, 0.2) is 5.16 Å². The number of nitrogens with zero attached hydrogens (tertiary/aromatic N) is 2. The lowest BCUT2D eigenvalue weighted by Crippen LogP contribution is -2.16. The number of benzene rings is 2. The van der Waals surface area contributed by atoms with Crippen molar-refractivity contribution in [3.8, 4) is 6.07 Å². The Bertz CT molecular complexity index is 1050. The van der Waals surface area contributed by atoms with Crippen molar-refractivity contribution in [3.63, 3.8) is 0 Å². The number of nitriles is 1. The monoisotopic (exact) mass is 403 g/mol. The summed E-state index contributed by atoms with van der Waals surface area (Å²) in [5.74, 6) is 0.760. The fourth-order valence-electron chi connectivity index (χ4n) is 3.02. The van der Waals surface area contributed by atoms with Crippen LogP contribution in [-0.2, 0) is 18.6 Å². The predicted octanol–water partition coefficient (Wildman–Crippen LogP) is 5.18. The van der Waals surface area contributed by atoms with Gasteiger partial charge in [-0.2, -0.15) is 5.26 Å². The summed E-state index contributed by atoms with van der Waals surface area (Å²) in [6.45, 7) is 4.00. The zero-order valence-corrected chi connectivity index (χ0v) is 17.7. The van der Waals surface area contributed by atoms with E-state index in [1.807, 2.05) is 12.1 Å². The molecule has 0 spiro atoms. The van der Waals surface area contributed by atoms with Crippen LogP contribution in [-0.4, -0.2) is 9.97 Å². The van der Waals surface area contributed by atoms with Crippen LogP contribution >= 0.6 is 11.8 Å². The standard InChI is InChI=1S/C24H25N3OS/c1-3-4-5-18-6-12-21(13-7-18)16-29-24-26-22(17(2)23(28)27-24)14-19-8-10-20(15-25)11-9-19/h6-13H,3-5,14,16H2,1-2H3,(H,26,27,28). The van der Waals surface area contributed by atoms with Gasteiger partial charge in [0, 0.05) is 17.7 Å². The van der Waals surface area contributed by atoms with E-state index in [1.165, 1.54) is 24.0 Å². The molecule has 0 aliphatic heterocycles. The van der Waals surface area contributed by atoms with E-state index in [4.69, 9.17) is 5.26 Å². The third kappa shape index (κ3) is 5.82. The zero-order chi connectivity index (χ0) is 20.6. The number of H-pyrrole nitrogens is 1. The number of hydrogen-bond acceptors (Lipinski definition) is 4. The first-order chi connectivity index (χ1) is 14.1. The van der Waals surface area contributed by atoms with Crippen molar-refractivity contribution >= 4 is 11.8 Å². The van der Waals surface area contributed by atoms with Gasteiger partial charge in [0.1, 0.15) is 0 Å². The second-order valence-electron chi connectivity index (χ2n) is 7.14. The Morgan fingerprint density at radius 1 is 1.03 bits per heavy atom. The molecule has 4 nitrogen and oxygen atoms in total. The second-order valence-corrected chi connectivity index (χ2v) is 8.10. The van der Waals surface area contributed by atoms with Gasteiger partial charge in [-0.15, -0.1) is 0 Å². The van der Waals surface area contributed by atoms with Gasteiger partial charge in [-0.1, -0.05) is 61.5 Å². The summed E-state index contributed by atoms with van der Waals surface area (Å²) in [4.78, 5) is 19.9. The Morgan fingerprint density at radius 2 is 1.69 bits per heavy atom. The minimum absolute atomic E-state index is 0.0962. The highest BCUT2D eigenvalue weighted by Gasteiger charge is 2.09. The highest BCUT2D eigenvalue weighted by molar-refractivity contribution is 7.98. The van der Waals surface area contributed by atoms with Crippen molar-refractivity contribution in [2.24, 2.45) is 0 Å². The summed E-state index contributed by atoms with van der Waals surface area (Å²) in [7, 11) is 0. The minimum atomic E-state index is -0.0962. The highest BCUT2D eigenvalue weighted by atomic mass is 32.2. The zero-order valence-electron chi connectivity index (χ0n) is 16.9. The Kier molecular flexibility index (Phi) is 7.26. The van der Waals surface area contributed by atoms with Crippen molar-refractivity contribution in [2.75, 3.05) is 0 Å². The molecule has 0 atom stereocenters. The molecule has 148 valence electrons. The van der Waals surface area contributed by atoms with Crippen molar-refractivity contribution in [1.29, 1.82) is 5.26 Å². The quantitative estimate of drug-likeness (QED) is 0.416. The highest BCUT2D eigenvalue weighted by Crippen LogP contribution is 2.21. The lowest BCUT2D eigenvalue weighted by Gasteiger charge is -2.08. The Labute approximate surface area is 176 Å². The van der Waals surface area contributed by atoms with Crippen LogP contribution in [0.4, 0.5) is 0 Å². The lowest BCUT2D eigenvalue weighted by atomic mass is 10.1. The molecule has 1 heterocycles. The molecular weight excluding hydrogens is 378 g/mol. The van der Waals surface area contributed by atoms with E-state index >= 15 is 0 Å². The topological polar surface area (TPSA) is 69.5 Å². The average molecular weight is 404 g/mol. The summed E-state index contributed by atoms with van der Waals surface area (Å²) < 4.78 is 0. The van der Waals surface area contributed by atoms with Gasteiger partial charge in [0.2, 0.25) is 0 Å². The molecule has 5 heteroatoms. The van der Waals surface area contributed by atoms with E-state index in [0.717, 1.165) is 23.4 Å². The van der Waals surface area contributed by atoms with Crippen LogP contribution in [0.3, 0.4) is 0 Å². The third-order valence-electron chi connectivity index (χ3n) is 4.90. The molecule has 0 radical (unpaired) electrons. The molecule has 0 aliphatic carbocycles.